The summed E-state index contributed by atoms with van der Waals surface area (Å²) in [6.45, 7) is 7.68. The molecule has 3 aromatic heterocycles. The molecule has 3 aromatic rings. The lowest BCUT2D eigenvalue weighted by molar-refractivity contribution is 0.0943. The summed E-state index contributed by atoms with van der Waals surface area (Å²) in [5, 5.41) is 8.32. The second kappa shape index (κ2) is 6.52. The molecule has 1 atom stereocenters. The minimum atomic E-state index is -0.156. The lowest BCUT2D eigenvalue weighted by Crippen LogP contribution is -2.26. The average Bonchev–Trinajstić information content (AvgIpc) is 3.10. The van der Waals surface area contributed by atoms with Crippen molar-refractivity contribution in [3.63, 3.8) is 0 Å². The van der Waals surface area contributed by atoms with Crippen molar-refractivity contribution in [3.05, 3.63) is 57.4 Å². The van der Waals surface area contributed by atoms with Gasteiger partial charge in [-0.05, 0) is 39.8 Å². The van der Waals surface area contributed by atoms with Gasteiger partial charge in [0.25, 0.3) is 5.91 Å². The van der Waals surface area contributed by atoms with E-state index in [1.54, 1.807) is 17.1 Å². The summed E-state index contributed by atoms with van der Waals surface area (Å²) in [6.07, 6.45) is 3.51. The van der Waals surface area contributed by atoms with Gasteiger partial charge in [-0.2, -0.15) is 5.10 Å². The van der Waals surface area contributed by atoms with Crippen LogP contribution in [0.15, 0.2) is 30.6 Å². The summed E-state index contributed by atoms with van der Waals surface area (Å²) in [4.78, 5) is 21.7. The number of amides is 1. The number of nitrogens with one attached hydrogen (secondary N) is 1. The van der Waals surface area contributed by atoms with Crippen LogP contribution in [0.25, 0.3) is 5.82 Å². The van der Waals surface area contributed by atoms with Crippen LogP contribution in [0, 0.1) is 20.8 Å². The van der Waals surface area contributed by atoms with E-state index >= 15 is 0 Å². The molecule has 3 heterocycles. The van der Waals surface area contributed by atoms with Gasteiger partial charge in [-0.15, -0.1) is 11.3 Å². The molecule has 0 saturated heterocycles. The molecule has 0 aliphatic heterocycles. The molecule has 1 N–H and O–H groups in total. The Morgan fingerprint density at radius 2 is 2.08 bits per heavy atom. The van der Waals surface area contributed by atoms with Crippen molar-refractivity contribution < 1.29 is 4.79 Å². The van der Waals surface area contributed by atoms with Crippen molar-refractivity contribution >= 4 is 17.2 Å². The molecule has 0 bridgehead atoms. The highest BCUT2D eigenvalue weighted by Crippen LogP contribution is 2.22. The highest BCUT2D eigenvalue weighted by molar-refractivity contribution is 7.13. The highest BCUT2D eigenvalue weighted by Gasteiger charge is 2.20. The van der Waals surface area contributed by atoms with Crippen molar-refractivity contribution in [1.29, 1.82) is 0 Å². The molecular weight excluding hydrogens is 322 g/mol. The fourth-order valence-electron chi connectivity index (χ4n) is 2.64. The molecular formula is C17H19N5OS. The van der Waals surface area contributed by atoms with Crippen LogP contribution in [-0.2, 0) is 0 Å². The molecule has 0 spiro atoms. The van der Waals surface area contributed by atoms with E-state index in [0.717, 1.165) is 27.8 Å². The Balaban J connectivity index is 1.81. The van der Waals surface area contributed by atoms with Crippen LogP contribution in [-0.4, -0.2) is 25.7 Å². The molecule has 0 fully saturated rings. The number of pyridine rings is 1. The maximum Gasteiger partial charge on any atom is 0.263 e. The molecule has 7 heteroatoms. The zero-order valence-corrected chi connectivity index (χ0v) is 14.9. The summed E-state index contributed by atoms with van der Waals surface area (Å²) in [5.41, 5.74) is 2.69. The number of nitrogens with zero attached hydrogens (tertiary/aromatic N) is 4. The van der Waals surface area contributed by atoms with Crippen LogP contribution in [0.5, 0.6) is 0 Å². The summed E-state index contributed by atoms with van der Waals surface area (Å²) >= 11 is 1.41. The van der Waals surface area contributed by atoms with Crippen LogP contribution in [0.2, 0.25) is 0 Å². The number of aryl methyl sites for hydroxylation is 2. The molecule has 0 radical (unpaired) electrons. The summed E-state index contributed by atoms with van der Waals surface area (Å²) in [7, 11) is 0. The van der Waals surface area contributed by atoms with Gasteiger partial charge in [-0.1, -0.05) is 6.07 Å². The zero-order chi connectivity index (χ0) is 17.3. The van der Waals surface area contributed by atoms with Crippen molar-refractivity contribution in [2.24, 2.45) is 0 Å². The molecule has 6 nitrogen and oxygen atoms in total. The van der Waals surface area contributed by atoms with Crippen LogP contribution >= 0.6 is 11.3 Å². The fraction of sp³-hybridized carbons (Fsp3) is 0.294. The first-order chi connectivity index (χ1) is 11.5. The quantitative estimate of drug-likeness (QED) is 0.791. The average molecular weight is 341 g/mol. The maximum absolute atomic E-state index is 12.5. The van der Waals surface area contributed by atoms with Gasteiger partial charge in [0.05, 0.1) is 22.9 Å². The first-order valence-corrected chi connectivity index (χ1v) is 8.50. The van der Waals surface area contributed by atoms with E-state index in [4.69, 9.17) is 0 Å². The second-order valence-electron chi connectivity index (χ2n) is 5.63. The number of aromatic nitrogens is 4. The van der Waals surface area contributed by atoms with Gasteiger partial charge in [-0.25, -0.2) is 14.6 Å². The third-order valence-corrected chi connectivity index (χ3v) is 4.91. The number of hydrogen-bond donors (Lipinski definition) is 1. The third-order valence-electron chi connectivity index (χ3n) is 3.84. The first kappa shape index (κ1) is 16.3. The van der Waals surface area contributed by atoms with Crippen LogP contribution < -0.4 is 5.32 Å². The van der Waals surface area contributed by atoms with Gasteiger partial charge in [0, 0.05) is 17.5 Å². The third kappa shape index (κ3) is 3.07. The Hall–Kier alpha value is -2.54. The van der Waals surface area contributed by atoms with E-state index in [2.05, 4.69) is 20.4 Å². The predicted molar refractivity (Wildman–Crippen MR) is 93.6 cm³/mol. The van der Waals surface area contributed by atoms with E-state index in [0.29, 0.717) is 4.88 Å². The van der Waals surface area contributed by atoms with Crippen molar-refractivity contribution in [3.8, 4) is 5.82 Å². The number of rotatable bonds is 4. The largest absolute Gasteiger partial charge is 0.345 e. The Labute approximate surface area is 144 Å². The molecule has 0 aliphatic rings. The van der Waals surface area contributed by atoms with Crippen LogP contribution in [0.1, 0.15) is 44.6 Å². The molecule has 24 heavy (non-hydrogen) atoms. The Bertz CT molecular complexity index is 868. The van der Waals surface area contributed by atoms with Crippen molar-refractivity contribution in [1.82, 2.24) is 25.1 Å². The molecule has 0 aromatic carbocycles. The van der Waals surface area contributed by atoms with Crippen LogP contribution in [0.4, 0.5) is 0 Å². The standard InChI is InChI=1S/C17H19N5OS/c1-10(21-17(23)16-11(2)20-13(4)24-16)14-9-19-22(12(14)3)15-7-5-6-8-18-15/h5-10H,1-4H3,(H,21,23). The van der Waals surface area contributed by atoms with E-state index in [1.165, 1.54) is 11.3 Å². The van der Waals surface area contributed by atoms with Crippen molar-refractivity contribution in [2.75, 3.05) is 0 Å². The summed E-state index contributed by atoms with van der Waals surface area (Å²) in [6, 6.07) is 5.53. The normalized spacial score (nSPS) is 12.2. The lowest BCUT2D eigenvalue weighted by atomic mass is 10.1. The van der Waals surface area contributed by atoms with Gasteiger partial charge in [0.1, 0.15) is 4.88 Å². The number of carbonyl (C=O) groups excluding carboxylic acids is 1. The minimum Gasteiger partial charge on any atom is -0.345 e. The van der Waals surface area contributed by atoms with Gasteiger partial charge in [-0.3, -0.25) is 4.79 Å². The number of carbonyl (C=O) groups is 1. The molecule has 0 aliphatic carbocycles. The second-order valence-corrected chi connectivity index (χ2v) is 6.83. The van der Waals surface area contributed by atoms with Crippen molar-refractivity contribution in [2.45, 2.75) is 33.7 Å². The van der Waals surface area contributed by atoms with E-state index in [-0.39, 0.29) is 11.9 Å². The maximum atomic E-state index is 12.5. The lowest BCUT2D eigenvalue weighted by Gasteiger charge is -2.13. The van der Waals surface area contributed by atoms with Gasteiger partial charge >= 0.3 is 0 Å². The van der Waals surface area contributed by atoms with E-state index in [1.807, 2.05) is 45.9 Å². The topological polar surface area (TPSA) is 72.7 Å². The molecule has 124 valence electrons. The van der Waals surface area contributed by atoms with E-state index < -0.39 is 0 Å². The smallest absolute Gasteiger partial charge is 0.263 e. The molecule has 1 amide bonds. The SMILES string of the molecule is Cc1nc(C)c(C(=O)NC(C)c2cnn(-c3ccccn3)c2C)s1. The minimum absolute atomic E-state index is 0.101. The van der Waals surface area contributed by atoms with Gasteiger partial charge in [0.2, 0.25) is 0 Å². The Kier molecular flexibility index (Phi) is 4.44. The molecule has 3 rings (SSSR count). The predicted octanol–water partition coefficient (Wildman–Crippen LogP) is 3.14. The number of hydrogen-bond acceptors (Lipinski definition) is 5. The van der Waals surface area contributed by atoms with Gasteiger partial charge in [0.15, 0.2) is 5.82 Å². The fourth-order valence-corrected chi connectivity index (χ4v) is 3.46. The van der Waals surface area contributed by atoms with Crippen LogP contribution in [0.3, 0.4) is 0 Å². The summed E-state index contributed by atoms with van der Waals surface area (Å²) in [5.74, 6) is 0.657. The Morgan fingerprint density at radius 3 is 2.71 bits per heavy atom. The summed E-state index contributed by atoms with van der Waals surface area (Å²) < 4.78 is 1.78. The Morgan fingerprint density at radius 1 is 1.29 bits per heavy atom. The molecule has 1 unspecified atom stereocenters. The van der Waals surface area contributed by atoms with E-state index in [9.17, 15) is 4.79 Å². The highest BCUT2D eigenvalue weighted by atomic mass is 32.1. The molecule has 0 saturated carbocycles. The monoisotopic (exact) mass is 341 g/mol. The first-order valence-electron chi connectivity index (χ1n) is 7.68. The number of thiazole rings is 1. The zero-order valence-electron chi connectivity index (χ0n) is 14.1. The van der Waals surface area contributed by atoms with Gasteiger partial charge < -0.3 is 5.32 Å².